The second-order valence-electron chi connectivity index (χ2n) is 6.91. The molecule has 1 nitrogen and oxygen atoms in total. The molecule has 0 radical (unpaired) electrons. The van der Waals surface area contributed by atoms with Crippen molar-refractivity contribution in [2.24, 2.45) is 17.8 Å². The molecule has 1 aliphatic heterocycles. The van der Waals surface area contributed by atoms with E-state index in [9.17, 15) is 0 Å². The largest absolute Gasteiger partial charge is 0.361 e. The van der Waals surface area contributed by atoms with Gasteiger partial charge in [0.05, 0.1) is 6.10 Å². The van der Waals surface area contributed by atoms with Crippen LogP contribution in [0.1, 0.15) is 30.4 Å². The summed E-state index contributed by atoms with van der Waals surface area (Å²) < 4.78 is 6.66. The predicted molar refractivity (Wildman–Crippen MR) is 82.9 cm³/mol. The fraction of sp³-hybridized carbons (Fsp3) is 0.400. The Hall–Kier alpha value is -1.60. The van der Waals surface area contributed by atoms with Gasteiger partial charge in [-0.15, -0.1) is 0 Å². The van der Waals surface area contributed by atoms with Gasteiger partial charge in [-0.05, 0) is 42.2 Å². The summed E-state index contributed by atoms with van der Waals surface area (Å²) in [6.07, 6.45) is 4.67. The Kier molecular flexibility index (Phi) is 2.40. The van der Waals surface area contributed by atoms with Crippen molar-refractivity contribution in [1.82, 2.24) is 0 Å². The summed E-state index contributed by atoms with van der Waals surface area (Å²) in [7, 11) is 0. The zero-order valence-electron chi connectivity index (χ0n) is 12.1. The summed E-state index contributed by atoms with van der Waals surface area (Å²) in [5.41, 5.74) is 2.49. The Morgan fingerprint density at radius 2 is 1.33 bits per heavy atom. The molecular weight excluding hydrogens is 256 g/mol. The molecule has 2 saturated carbocycles. The average Bonchev–Trinajstić information content (AvgIpc) is 3.07. The van der Waals surface area contributed by atoms with Crippen LogP contribution in [0.5, 0.6) is 0 Å². The molecule has 1 heterocycles. The van der Waals surface area contributed by atoms with E-state index in [4.69, 9.17) is 4.74 Å². The normalized spacial score (nSPS) is 35.2. The lowest BCUT2D eigenvalue weighted by Gasteiger charge is -2.57. The Bertz CT molecular complexity index is 607. The van der Waals surface area contributed by atoms with Crippen LogP contribution in [0, 0.1) is 17.8 Å². The van der Waals surface area contributed by atoms with Gasteiger partial charge in [0.15, 0.2) is 0 Å². The molecule has 0 unspecified atom stereocenters. The molecule has 1 heteroatoms. The second-order valence-corrected chi connectivity index (χ2v) is 6.91. The standard InChI is InChI=1S/C20H20O/c1-3-7-16(8-4-1)20(17-9-5-2-6-10-17)18-14-11-12-15(13-14)19(18)21-20/h1-10,14-15,18-19H,11-13H2/t14-,15-,18-,19-/m0/s1. The van der Waals surface area contributed by atoms with E-state index in [2.05, 4.69) is 60.7 Å². The molecule has 2 aliphatic carbocycles. The maximum Gasteiger partial charge on any atom is 0.124 e. The zero-order valence-corrected chi connectivity index (χ0v) is 12.1. The van der Waals surface area contributed by atoms with Gasteiger partial charge in [0.1, 0.15) is 5.60 Å². The van der Waals surface area contributed by atoms with Crippen molar-refractivity contribution in [2.75, 3.05) is 0 Å². The van der Waals surface area contributed by atoms with E-state index in [0.717, 1.165) is 11.8 Å². The molecule has 0 N–H and O–H groups in total. The molecule has 2 aromatic rings. The van der Waals surface area contributed by atoms with E-state index in [0.29, 0.717) is 12.0 Å². The third-order valence-electron chi connectivity index (χ3n) is 6.04. The summed E-state index contributed by atoms with van der Waals surface area (Å²) in [5, 5.41) is 0. The molecule has 0 spiro atoms. The lowest BCUT2D eigenvalue weighted by atomic mass is 9.63. The van der Waals surface area contributed by atoms with Gasteiger partial charge in [0, 0.05) is 5.92 Å². The van der Waals surface area contributed by atoms with Crippen molar-refractivity contribution in [3.63, 3.8) is 0 Å². The van der Waals surface area contributed by atoms with Crippen molar-refractivity contribution in [3.05, 3.63) is 71.8 Å². The van der Waals surface area contributed by atoms with Gasteiger partial charge in [-0.25, -0.2) is 0 Å². The molecule has 2 aromatic carbocycles. The molecule has 21 heavy (non-hydrogen) atoms. The van der Waals surface area contributed by atoms with Gasteiger partial charge in [0.2, 0.25) is 0 Å². The number of hydrogen-bond donors (Lipinski definition) is 0. The highest BCUT2D eigenvalue weighted by atomic mass is 16.5. The van der Waals surface area contributed by atoms with Gasteiger partial charge in [-0.2, -0.15) is 0 Å². The van der Waals surface area contributed by atoms with Crippen molar-refractivity contribution >= 4 is 0 Å². The molecular formula is C20H20O. The first-order valence-corrected chi connectivity index (χ1v) is 8.18. The molecule has 1 saturated heterocycles. The van der Waals surface area contributed by atoms with E-state index in [-0.39, 0.29) is 5.60 Å². The van der Waals surface area contributed by atoms with Gasteiger partial charge < -0.3 is 4.74 Å². The maximum absolute atomic E-state index is 6.66. The van der Waals surface area contributed by atoms with E-state index in [1.54, 1.807) is 0 Å². The van der Waals surface area contributed by atoms with Gasteiger partial charge in [-0.3, -0.25) is 0 Å². The van der Waals surface area contributed by atoms with Crippen molar-refractivity contribution in [3.8, 4) is 0 Å². The molecule has 2 bridgehead atoms. The highest BCUT2D eigenvalue weighted by Gasteiger charge is 2.67. The molecule has 0 aromatic heterocycles. The smallest absolute Gasteiger partial charge is 0.124 e. The van der Waals surface area contributed by atoms with Crippen LogP contribution >= 0.6 is 0 Å². The van der Waals surface area contributed by atoms with Crippen molar-refractivity contribution in [2.45, 2.75) is 31.0 Å². The third-order valence-corrected chi connectivity index (χ3v) is 6.04. The first-order chi connectivity index (χ1) is 10.4. The zero-order chi connectivity index (χ0) is 13.9. The van der Waals surface area contributed by atoms with Crippen LogP contribution in [-0.2, 0) is 10.3 Å². The fourth-order valence-electron chi connectivity index (χ4n) is 5.25. The Labute approximate surface area is 126 Å². The Balaban J connectivity index is 1.67. The van der Waals surface area contributed by atoms with E-state index in [1.165, 1.54) is 30.4 Å². The number of hydrogen-bond acceptors (Lipinski definition) is 1. The summed E-state index contributed by atoms with van der Waals surface area (Å²) in [5.74, 6) is 2.36. The highest BCUT2D eigenvalue weighted by molar-refractivity contribution is 5.42. The summed E-state index contributed by atoms with van der Waals surface area (Å²) >= 11 is 0. The molecule has 0 amide bonds. The van der Waals surface area contributed by atoms with Crippen LogP contribution < -0.4 is 0 Å². The predicted octanol–water partition coefficient (Wildman–Crippen LogP) is 4.38. The first-order valence-electron chi connectivity index (χ1n) is 8.18. The van der Waals surface area contributed by atoms with Crippen LogP contribution in [0.25, 0.3) is 0 Å². The van der Waals surface area contributed by atoms with E-state index < -0.39 is 0 Å². The number of ether oxygens (including phenoxy) is 1. The van der Waals surface area contributed by atoms with E-state index in [1.807, 2.05) is 0 Å². The van der Waals surface area contributed by atoms with Gasteiger partial charge in [0.25, 0.3) is 0 Å². The number of rotatable bonds is 2. The molecule has 3 aliphatic rings. The third kappa shape index (κ3) is 1.45. The monoisotopic (exact) mass is 276 g/mol. The Morgan fingerprint density at radius 1 is 0.762 bits per heavy atom. The minimum absolute atomic E-state index is 0.187. The average molecular weight is 276 g/mol. The molecule has 3 fully saturated rings. The van der Waals surface area contributed by atoms with Crippen molar-refractivity contribution in [1.29, 1.82) is 0 Å². The van der Waals surface area contributed by atoms with Gasteiger partial charge in [-0.1, -0.05) is 60.7 Å². The van der Waals surface area contributed by atoms with Crippen LogP contribution in [0.2, 0.25) is 0 Å². The Morgan fingerprint density at radius 3 is 1.90 bits per heavy atom. The maximum atomic E-state index is 6.66. The lowest BCUT2D eigenvalue weighted by molar-refractivity contribution is -0.263. The van der Waals surface area contributed by atoms with Crippen molar-refractivity contribution < 1.29 is 4.74 Å². The van der Waals surface area contributed by atoms with Crippen LogP contribution in [0.3, 0.4) is 0 Å². The minimum atomic E-state index is -0.187. The lowest BCUT2D eigenvalue weighted by Crippen LogP contribution is -2.60. The summed E-state index contributed by atoms with van der Waals surface area (Å²) in [6.45, 7) is 0. The van der Waals surface area contributed by atoms with Crippen LogP contribution in [-0.4, -0.2) is 6.10 Å². The quantitative estimate of drug-likeness (QED) is 0.791. The SMILES string of the molecule is c1ccc(C2(c3ccccc3)O[C@H]3[C@H]4CC[C@@H](C4)[C@@H]32)cc1. The highest BCUT2D eigenvalue weighted by Crippen LogP contribution is 2.66. The first kappa shape index (κ1) is 12.0. The van der Waals surface area contributed by atoms with Crippen LogP contribution in [0.15, 0.2) is 60.7 Å². The molecule has 5 rings (SSSR count). The van der Waals surface area contributed by atoms with E-state index >= 15 is 0 Å². The topological polar surface area (TPSA) is 9.23 Å². The minimum Gasteiger partial charge on any atom is -0.361 e. The summed E-state index contributed by atoms with van der Waals surface area (Å²) in [6, 6.07) is 21.7. The summed E-state index contributed by atoms with van der Waals surface area (Å²) in [4.78, 5) is 0. The molecule has 106 valence electrons. The number of benzene rings is 2. The van der Waals surface area contributed by atoms with Crippen LogP contribution in [0.4, 0.5) is 0 Å². The molecule has 4 atom stereocenters. The number of fused-ring (bicyclic) bond motifs is 5. The van der Waals surface area contributed by atoms with Gasteiger partial charge >= 0.3 is 0 Å². The second kappa shape index (κ2) is 4.20. The fourth-order valence-corrected chi connectivity index (χ4v) is 5.25.